The van der Waals surface area contributed by atoms with Crippen LogP contribution in [0.5, 0.6) is 0 Å². The highest BCUT2D eigenvalue weighted by molar-refractivity contribution is 5.97. The number of esters is 6. The zero-order valence-corrected chi connectivity index (χ0v) is 45.1. The highest BCUT2D eigenvalue weighted by Crippen LogP contribution is 2.64. The van der Waals surface area contributed by atoms with E-state index in [4.69, 9.17) is 43.6 Å². The number of carbonyl (C=O) groups excluding carboxylic acids is 8. The van der Waals surface area contributed by atoms with Crippen molar-refractivity contribution in [1.29, 1.82) is 0 Å². The fraction of sp³-hybridized carbons (Fsp3) is 0.509. The van der Waals surface area contributed by atoms with Crippen molar-refractivity contribution >= 4 is 47.5 Å². The van der Waals surface area contributed by atoms with Gasteiger partial charge in [-0.25, -0.2) is 9.59 Å². The quantitative estimate of drug-likeness (QED) is 0.0545. The van der Waals surface area contributed by atoms with Crippen LogP contribution in [0.3, 0.4) is 0 Å². The zero-order chi connectivity index (χ0) is 59.1. The van der Waals surface area contributed by atoms with E-state index in [1.54, 1.807) is 54.6 Å². The normalized spacial score (nSPS) is 33.1. The van der Waals surface area contributed by atoms with E-state index in [9.17, 15) is 59.4 Å². The van der Waals surface area contributed by atoms with Gasteiger partial charge in [-0.2, -0.15) is 0 Å². The van der Waals surface area contributed by atoms with Gasteiger partial charge in [-0.15, -0.1) is 0 Å². The molecule has 436 valence electrons. The van der Waals surface area contributed by atoms with Crippen LogP contribution in [-0.4, -0.2) is 176 Å². The lowest BCUT2D eigenvalue weighted by atomic mass is 9.44. The standard InChI is InChI=1S/C57H66N2O22/c1-27-34(24-57(73)48(80-50(69)32-20-14-9-15-21-32)46-55(6,36(63)23-37-56(46,26-74-37)81-29(3)62)47(67)43(75-28(2)61)39(27)54(57,4)5)76-53(72)44(40(30-16-10-7-11-17-30)59-49(68)31-18-12-8-13-19-31)79-51(70)33(58)22-38(64)78-45-41(65)35(25-60)77-52(71)42(45)66/h7-21,33-37,40-46,48,52,60,63,65-66,71,73H,22-26,58H2,1-6H3,(H,59,68)/t33?,34-,35+,36-,37+,40-,41+,42+,43+,44+,45-,46?,48?,52?,55+,56-,57+/m0/s1. The monoisotopic (exact) mass is 1130 g/mol. The number of ketones is 1. The van der Waals surface area contributed by atoms with Crippen molar-refractivity contribution in [2.75, 3.05) is 13.2 Å². The van der Waals surface area contributed by atoms with Crippen molar-refractivity contribution in [3.8, 4) is 0 Å². The molecule has 3 aromatic carbocycles. The van der Waals surface area contributed by atoms with E-state index >= 15 is 9.59 Å². The highest BCUT2D eigenvalue weighted by Gasteiger charge is 2.78. The second-order valence-corrected chi connectivity index (χ2v) is 21.8. The lowest BCUT2D eigenvalue weighted by Crippen LogP contribution is -2.82. The van der Waals surface area contributed by atoms with E-state index in [0.717, 1.165) is 13.8 Å². The Bertz CT molecular complexity index is 2920. The summed E-state index contributed by atoms with van der Waals surface area (Å²) in [5.74, 6) is -10.6. The Balaban J connectivity index is 1.24. The molecule has 8 rings (SSSR count). The molecule has 2 saturated heterocycles. The Morgan fingerprint density at radius 1 is 0.790 bits per heavy atom. The molecule has 2 heterocycles. The van der Waals surface area contributed by atoms with Gasteiger partial charge < -0.3 is 79.6 Å². The minimum atomic E-state index is -2.60. The fourth-order valence-electron chi connectivity index (χ4n) is 12.2. The molecule has 0 aromatic heterocycles. The van der Waals surface area contributed by atoms with Gasteiger partial charge >= 0.3 is 35.8 Å². The molecule has 4 fully saturated rings. The van der Waals surface area contributed by atoms with E-state index in [1.165, 1.54) is 64.1 Å². The van der Waals surface area contributed by atoms with Gasteiger partial charge in [0.2, 0.25) is 6.10 Å². The number of hydrogen-bond acceptors (Lipinski definition) is 23. The molecule has 0 radical (unpaired) electrons. The molecule has 5 aliphatic rings. The van der Waals surface area contributed by atoms with Gasteiger partial charge in [-0.05, 0) is 54.8 Å². The van der Waals surface area contributed by atoms with Crippen molar-refractivity contribution < 1.29 is 107 Å². The molecule has 4 unspecified atom stereocenters. The average molecular weight is 1130 g/mol. The molecule has 2 aliphatic heterocycles. The number of amides is 1. The minimum absolute atomic E-state index is 0.00203. The summed E-state index contributed by atoms with van der Waals surface area (Å²) in [6.07, 6.45) is -22.2. The summed E-state index contributed by atoms with van der Waals surface area (Å²) in [6, 6.07) is 19.2. The van der Waals surface area contributed by atoms with Crippen molar-refractivity contribution in [1.82, 2.24) is 5.32 Å². The molecule has 9 N–H and O–H groups in total. The van der Waals surface area contributed by atoms with Gasteiger partial charge in [0, 0.05) is 37.7 Å². The number of Topliss-reactive ketones (excluding diaryl/α,β-unsaturated/α-hetero) is 1. The first-order valence-electron chi connectivity index (χ1n) is 26.2. The Morgan fingerprint density at radius 3 is 1.96 bits per heavy atom. The van der Waals surface area contributed by atoms with Crippen LogP contribution in [-0.2, 0) is 66.7 Å². The van der Waals surface area contributed by atoms with E-state index in [1.807, 2.05) is 0 Å². The largest absolute Gasteiger partial charge is 0.456 e. The molecule has 1 amide bonds. The van der Waals surface area contributed by atoms with Crippen molar-refractivity contribution in [3.05, 3.63) is 119 Å². The summed E-state index contributed by atoms with van der Waals surface area (Å²) >= 11 is 0. The fourth-order valence-corrected chi connectivity index (χ4v) is 12.2. The number of aliphatic hydroxyl groups is 6. The van der Waals surface area contributed by atoms with Gasteiger partial charge in [0.15, 0.2) is 29.9 Å². The van der Waals surface area contributed by atoms with Crippen LogP contribution in [0.2, 0.25) is 0 Å². The van der Waals surface area contributed by atoms with E-state index in [-0.39, 0.29) is 34.3 Å². The Kier molecular flexibility index (Phi) is 17.4. The third kappa shape index (κ3) is 11.1. The number of fused-ring (bicyclic) bond motifs is 5. The molecule has 24 heteroatoms. The van der Waals surface area contributed by atoms with E-state index in [2.05, 4.69) is 5.32 Å². The molecule has 81 heavy (non-hydrogen) atoms. The molecule has 2 saturated carbocycles. The van der Waals surface area contributed by atoms with Gasteiger partial charge in [0.05, 0.1) is 42.6 Å². The van der Waals surface area contributed by atoms with Crippen LogP contribution in [0.4, 0.5) is 0 Å². The van der Waals surface area contributed by atoms with Gasteiger partial charge in [-0.1, -0.05) is 80.6 Å². The van der Waals surface area contributed by atoms with Crippen LogP contribution < -0.4 is 11.1 Å². The first-order chi connectivity index (χ1) is 38.2. The first kappa shape index (κ1) is 60.1. The van der Waals surface area contributed by atoms with Crippen LogP contribution in [0.25, 0.3) is 0 Å². The summed E-state index contributed by atoms with van der Waals surface area (Å²) in [5.41, 5.74) is -2.25. The average Bonchev–Trinajstić information content (AvgIpc) is 2.31. The number of hydrogen-bond donors (Lipinski definition) is 8. The van der Waals surface area contributed by atoms with Gasteiger partial charge in [0.1, 0.15) is 54.3 Å². The number of carbonyl (C=O) groups is 8. The second kappa shape index (κ2) is 23.5. The Morgan fingerprint density at radius 2 is 1.40 bits per heavy atom. The summed E-state index contributed by atoms with van der Waals surface area (Å²) in [7, 11) is 0. The van der Waals surface area contributed by atoms with Crippen molar-refractivity contribution in [2.45, 2.75) is 151 Å². The van der Waals surface area contributed by atoms with Crippen LogP contribution in [0, 0.1) is 16.7 Å². The molecular formula is C57H66N2O22. The van der Waals surface area contributed by atoms with Crippen molar-refractivity contribution in [2.24, 2.45) is 22.5 Å². The summed E-state index contributed by atoms with van der Waals surface area (Å²) in [5, 5.41) is 69.9. The van der Waals surface area contributed by atoms with Crippen LogP contribution in [0.1, 0.15) is 93.1 Å². The maximum absolute atomic E-state index is 15.8. The Hall–Kier alpha value is -7.00. The first-order valence-corrected chi connectivity index (χ1v) is 26.2. The highest BCUT2D eigenvalue weighted by atomic mass is 16.7. The smallest absolute Gasteiger partial charge is 0.350 e. The topological polar surface area (TPSA) is 370 Å². The number of nitrogens with two attached hydrogens (primary N) is 1. The zero-order valence-electron chi connectivity index (χ0n) is 45.1. The van der Waals surface area contributed by atoms with Crippen molar-refractivity contribution in [3.63, 3.8) is 0 Å². The van der Waals surface area contributed by atoms with Gasteiger partial charge in [0.25, 0.3) is 5.91 Å². The van der Waals surface area contributed by atoms with E-state index < -0.39 is 181 Å². The molecule has 17 atom stereocenters. The number of benzene rings is 3. The molecule has 2 bridgehead atoms. The predicted octanol–water partition coefficient (Wildman–Crippen LogP) is 0.347. The molecule has 3 aliphatic carbocycles. The third-order valence-corrected chi connectivity index (χ3v) is 16.5. The molecule has 24 nitrogen and oxygen atoms in total. The maximum atomic E-state index is 15.8. The summed E-state index contributed by atoms with van der Waals surface area (Å²) in [6.45, 7) is 6.55. The molecule has 3 aromatic rings. The lowest BCUT2D eigenvalue weighted by Gasteiger charge is -2.67. The van der Waals surface area contributed by atoms with Gasteiger partial charge in [-0.3, -0.25) is 28.8 Å². The third-order valence-electron chi connectivity index (χ3n) is 16.5. The number of rotatable bonds is 16. The van der Waals surface area contributed by atoms with Crippen LogP contribution in [0.15, 0.2) is 102 Å². The maximum Gasteiger partial charge on any atom is 0.350 e. The minimum Gasteiger partial charge on any atom is -0.456 e. The Labute approximate surface area is 464 Å². The molecule has 0 spiro atoms. The second-order valence-electron chi connectivity index (χ2n) is 21.8. The van der Waals surface area contributed by atoms with E-state index in [0.29, 0.717) is 0 Å². The lowest BCUT2D eigenvalue weighted by molar-refractivity contribution is -0.346. The number of nitrogens with one attached hydrogen (secondary N) is 1. The SMILES string of the molecule is CC(=O)O[C@H]1C(=O)[C@@]2(C)C(C(OC(=O)c3ccccc3)[C@]3(O)C[C@H](OC(=O)[C@H](OC(=O)C(N)CC(=O)O[C@H]4[C@H](O)[C@@H](CO)OC(O)[C@@H]4O)[C@@H](NC(=O)c4ccccc4)c4ccccc4)C(C)=C1C3(C)C)[C@]1(OC(C)=O)CO[C@@H]1C[C@@H]2O. The molecular weight excluding hydrogens is 1060 g/mol. The summed E-state index contributed by atoms with van der Waals surface area (Å²) < 4.78 is 46.7. The number of ether oxygens (including phenoxy) is 8. The predicted molar refractivity (Wildman–Crippen MR) is 274 cm³/mol. The van der Waals surface area contributed by atoms with Crippen LogP contribution >= 0.6 is 0 Å². The summed E-state index contributed by atoms with van der Waals surface area (Å²) in [4.78, 5) is 114. The number of aliphatic hydroxyl groups excluding tert-OH is 5.